The lowest BCUT2D eigenvalue weighted by atomic mass is 9.94. The van der Waals surface area contributed by atoms with E-state index in [1.807, 2.05) is 49.1 Å². The van der Waals surface area contributed by atoms with Crippen LogP contribution in [-0.2, 0) is 16.0 Å². The third-order valence-corrected chi connectivity index (χ3v) is 7.66. The average Bonchev–Trinajstić information content (AvgIpc) is 3.00. The minimum absolute atomic E-state index is 0.0221. The standard InChI is InChI=1S/C34H51N3O6/c1-25(2)15-16-36(23-27-11-8-7-9-12-27)34(39)43-24-28-19-30(22-35-21-28)37(26(3)4)33(38)29-13-14-31(41-6)32(20-29)42-18-10-17-40-5/h7-9,11-14,20,25-26,28,30,35H,10,15-19,21-24H2,1-6H3/t28-,30+/m0/s1. The third-order valence-electron chi connectivity index (χ3n) is 7.66. The van der Waals surface area contributed by atoms with Crippen LogP contribution in [0.25, 0.3) is 0 Å². The molecule has 1 fully saturated rings. The molecule has 2 atom stereocenters. The number of ether oxygens (including phenoxy) is 4. The van der Waals surface area contributed by atoms with Crippen molar-refractivity contribution in [3.8, 4) is 11.5 Å². The van der Waals surface area contributed by atoms with Crippen molar-refractivity contribution in [1.82, 2.24) is 15.1 Å². The van der Waals surface area contributed by atoms with Gasteiger partial charge in [0.2, 0.25) is 0 Å². The van der Waals surface area contributed by atoms with Crippen LogP contribution in [0.5, 0.6) is 11.5 Å². The molecule has 2 aromatic carbocycles. The van der Waals surface area contributed by atoms with Gasteiger partial charge >= 0.3 is 6.09 Å². The number of nitrogens with one attached hydrogen (secondary N) is 1. The van der Waals surface area contributed by atoms with E-state index in [4.69, 9.17) is 18.9 Å². The van der Waals surface area contributed by atoms with E-state index in [1.165, 1.54) is 0 Å². The van der Waals surface area contributed by atoms with Gasteiger partial charge in [0.05, 0.1) is 20.3 Å². The molecular weight excluding hydrogens is 546 g/mol. The number of nitrogens with zero attached hydrogens (tertiary/aromatic N) is 2. The van der Waals surface area contributed by atoms with Crippen molar-refractivity contribution >= 4 is 12.0 Å². The van der Waals surface area contributed by atoms with E-state index in [0.717, 1.165) is 31.4 Å². The van der Waals surface area contributed by atoms with Gasteiger partial charge < -0.3 is 34.1 Å². The topological polar surface area (TPSA) is 89.6 Å². The molecule has 238 valence electrons. The molecule has 2 amide bonds. The summed E-state index contributed by atoms with van der Waals surface area (Å²) in [6.07, 6.45) is 2.09. The van der Waals surface area contributed by atoms with Gasteiger partial charge in [-0.15, -0.1) is 0 Å². The Morgan fingerprint density at radius 1 is 0.977 bits per heavy atom. The fraction of sp³-hybridized carbons (Fsp3) is 0.588. The van der Waals surface area contributed by atoms with Crippen LogP contribution in [0.1, 0.15) is 62.9 Å². The Morgan fingerprint density at radius 2 is 1.74 bits per heavy atom. The summed E-state index contributed by atoms with van der Waals surface area (Å²) in [7, 11) is 3.24. The number of amides is 2. The van der Waals surface area contributed by atoms with Gasteiger partial charge in [-0.2, -0.15) is 0 Å². The van der Waals surface area contributed by atoms with Crippen molar-refractivity contribution in [2.75, 3.05) is 53.7 Å². The quantitative estimate of drug-likeness (QED) is 0.251. The Labute approximate surface area is 257 Å². The average molecular weight is 598 g/mol. The molecule has 1 saturated heterocycles. The van der Waals surface area contributed by atoms with Crippen molar-refractivity contribution in [1.29, 1.82) is 0 Å². The molecule has 1 aliphatic rings. The summed E-state index contributed by atoms with van der Waals surface area (Å²) >= 11 is 0. The monoisotopic (exact) mass is 597 g/mol. The highest BCUT2D eigenvalue weighted by Gasteiger charge is 2.33. The highest BCUT2D eigenvalue weighted by atomic mass is 16.6. The smallest absolute Gasteiger partial charge is 0.410 e. The van der Waals surface area contributed by atoms with Gasteiger partial charge in [-0.25, -0.2) is 4.79 Å². The highest BCUT2D eigenvalue weighted by Crippen LogP contribution is 2.30. The number of carbonyl (C=O) groups is 2. The van der Waals surface area contributed by atoms with E-state index in [9.17, 15) is 9.59 Å². The first-order valence-electron chi connectivity index (χ1n) is 15.5. The van der Waals surface area contributed by atoms with Crippen LogP contribution in [0.3, 0.4) is 0 Å². The summed E-state index contributed by atoms with van der Waals surface area (Å²) in [5, 5.41) is 3.47. The van der Waals surface area contributed by atoms with E-state index in [-0.39, 0.29) is 30.0 Å². The normalized spacial score (nSPS) is 16.7. The van der Waals surface area contributed by atoms with Gasteiger partial charge in [-0.05, 0) is 56.4 Å². The Kier molecular flexibility index (Phi) is 14.1. The molecule has 0 spiro atoms. The predicted octanol–water partition coefficient (Wildman–Crippen LogP) is 5.62. The molecule has 1 N–H and O–H groups in total. The zero-order valence-corrected chi connectivity index (χ0v) is 26.8. The van der Waals surface area contributed by atoms with E-state index in [2.05, 4.69) is 19.2 Å². The Bertz CT molecular complexity index is 1130. The number of methoxy groups -OCH3 is 2. The largest absolute Gasteiger partial charge is 0.493 e. The molecular formula is C34H51N3O6. The molecule has 0 aromatic heterocycles. The van der Waals surface area contributed by atoms with Crippen molar-refractivity contribution in [3.05, 3.63) is 59.7 Å². The number of hydrogen-bond acceptors (Lipinski definition) is 7. The minimum Gasteiger partial charge on any atom is -0.493 e. The highest BCUT2D eigenvalue weighted by molar-refractivity contribution is 5.95. The molecule has 0 saturated carbocycles. The van der Waals surface area contributed by atoms with E-state index >= 15 is 0 Å². The Hall–Kier alpha value is -3.30. The van der Waals surface area contributed by atoms with Crippen LogP contribution in [0, 0.1) is 11.8 Å². The first-order chi connectivity index (χ1) is 20.7. The minimum atomic E-state index is -0.292. The van der Waals surface area contributed by atoms with Crippen molar-refractivity contribution < 1.29 is 28.5 Å². The molecule has 3 rings (SSSR count). The maximum atomic E-state index is 13.9. The number of hydrogen-bond donors (Lipinski definition) is 1. The molecule has 0 aliphatic carbocycles. The molecule has 43 heavy (non-hydrogen) atoms. The second-order valence-electron chi connectivity index (χ2n) is 11.9. The van der Waals surface area contributed by atoms with Gasteiger partial charge in [0.1, 0.15) is 0 Å². The maximum Gasteiger partial charge on any atom is 0.410 e. The molecule has 9 heteroatoms. The first-order valence-corrected chi connectivity index (χ1v) is 15.5. The first kappa shape index (κ1) is 34.2. The molecule has 0 radical (unpaired) electrons. The summed E-state index contributed by atoms with van der Waals surface area (Å²) in [5.74, 6) is 1.64. The van der Waals surface area contributed by atoms with Gasteiger partial charge in [-0.1, -0.05) is 44.2 Å². The lowest BCUT2D eigenvalue weighted by molar-refractivity contribution is 0.0433. The second kappa shape index (κ2) is 17.7. The summed E-state index contributed by atoms with van der Waals surface area (Å²) in [4.78, 5) is 30.8. The van der Waals surface area contributed by atoms with E-state index in [1.54, 1.807) is 37.3 Å². The third kappa shape index (κ3) is 10.7. The fourth-order valence-electron chi connectivity index (χ4n) is 5.36. The number of rotatable bonds is 16. The van der Waals surface area contributed by atoms with E-state index in [0.29, 0.717) is 62.4 Å². The maximum absolute atomic E-state index is 13.9. The summed E-state index contributed by atoms with van der Waals surface area (Å²) in [6.45, 7) is 12.3. The zero-order valence-electron chi connectivity index (χ0n) is 26.8. The second-order valence-corrected chi connectivity index (χ2v) is 11.9. The van der Waals surface area contributed by atoms with Crippen LogP contribution >= 0.6 is 0 Å². The molecule has 2 aromatic rings. The summed E-state index contributed by atoms with van der Waals surface area (Å²) < 4.78 is 22.4. The van der Waals surface area contributed by atoms with Crippen molar-refractivity contribution in [3.63, 3.8) is 0 Å². The van der Waals surface area contributed by atoms with Crippen molar-refractivity contribution in [2.45, 2.75) is 65.6 Å². The number of benzene rings is 2. The Balaban J connectivity index is 1.65. The van der Waals surface area contributed by atoms with Gasteiger partial charge in [-0.3, -0.25) is 4.79 Å². The molecule has 1 heterocycles. The summed E-state index contributed by atoms with van der Waals surface area (Å²) in [6, 6.07) is 15.3. The lowest BCUT2D eigenvalue weighted by Gasteiger charge is -2.40. The molecule has 9 nitrogen and oxygen atoms in total. The summed E-state index contributed by atoms with van der Waals surface area (Å²) in [5.41, 5.74) is 1.63. The zero-order chi connectivity index (χ0) is 31.2. The van der Waals surface area contributed by atoms with Gasteiger partial charge in [0.15, 0.2) is 11.5 Å². The number of carbonyl (C=O) groups excluding carboxylic acids is 2. The van der Waals surface area contributed by atoms with Crippen LogP contribution in [0.2, 0.25) is 0 Å². The predicted molar refractivity (Wildman–Crippen MR) is 169 cm³/mol. The van der Waals surface area contributed by atoms with Crippen LogP contribution < -0.4 is 14.8 Å². The molecule has 0 bridgehead atoms. The fourth-order valence-corrected chi connectivity index (χ4v) is 5.36. The van der Waals surface area contributed by atoms with Crippen molar-refractivity contribution in [2.24, 2.45) is 11.8 Å². The molecule has 0 unspecified atom stereocenters. The van der Waals surface area contributed by atoms with E-state index < -0.39 is 0 Å². The van der Waals surface area contributed by atoms with Crippen LogP contribution in [0.4, 0.5) is 4.79 Å². The van der Waals surface area contributed by atoms with Gasteiger partial charge in [0.25, 0.3) is 5.91 Å². The van der Waals surface area contributed by atoms with Gasteiger partial charge in [0, 0.05) is 69.9 Å². The Morgan fingerprint density at radius 3 is 2.42 bits per heavy atom. The number of piperidine rings is 1. The molecule has 1 aliphatic heterocycles. The lowest BCUT2D eigenvalue weighted by Crippen LogP contribution is -2.54. The van der Waals surface area contributed by atoms with Crippen LogP contribution in [-0.4, -0.2) is 87.6 Å². The SMILES string of the molecule is COCCCOc1cc(C(=O)N(C(C)C)[C@H]2CNC[C@@H](COC(=O)N(CCC(C)C)Cc3ccccc3)C2)ccc1OC. The van der Waals surface area contributed by atoms with Crippen LogP contribution in [0.15, 0.2) is 48.5 Å².